The molecule has 0 rings (SSSR count). The number of ether oxygens (including phenoxy) is 1. The normalized spacial score (nSPS) is 12.1. The van der Waals surface area contributed by atoms with Crippen molar-refractivity contribution in [2.75, 3.05) is 20.6 Å². The SMILES string of the molecule is CC(C)(C)OC=O.CNCCCCC(NC)C(C)=O. The van der Waals surface area contributed by atoms with E-state index in [0.29, 0.717) is 6.47 Å². The molecule has 0 aliphatic carbocycles. The number of hydrogen-bond donors (Lipinski definition) is 2. The summed E-state index contributed by atoms with van der Waals surface area (Å²) in [7, 11) is 3.78. The van der Waals surface area contributed by atoms with Gasteiger partial charge in [0.05, 0.1) is 6.04 Å². The highest BCUT2D eigenvalue weighted by Crippen LogP contribution is 2.02. The van der Waals surface area contributed by atoms with Crippen molar-refractivity contribution in [1.29, 1.82) is 0 Å². The third-order valence-electron chi connectivity index (χ3n) is 2.41. The van der Waals surface area contributed by atoms with E-state index in [1.165, 1.54) is 0 Å². The molecule has 0 aromatic carbocycles. The zero-order chi connectivity index (χ0) is 15.3. The van der Waals surface area contributed by atoms with Gasteiger partial charge < -0.3 is 15.4 Å². The monoisotopic (exact) mass is 274 g/mol. The Morgan fingerprint density at radius 1 is 1.26 bits per heavy atom. The van der Waals surface area contributed by atoms with Crippen molar-refractivity contribution in [3.63, 3.8) is 0 Å². The Hall–Kier alpha value is -0.940. The predicted molar refractivity (Wildman–Crippen MR) is 78.2 cm³/mol. The molecule has 114 valence electrons. The topological polar surface area (TPSA) is 67.4 Å². The van der Waals surface area contributed by atoms with E-state index >= 15 is 0 Å². The molecule has 0 aliphatic rings. The molecule has 0 aromatic rings. The van der Waals surface area contributed by atoms with Gasteiger partial charge in [0.15, 0.2) is 0 Å². The average molecular weight is 274 g/mol. The molecule has 0 amide bonds. The highest BCUT2D eigenvalue weighted by molar-refractivity contribution is 5.81. The zero-order valence-electron chi connectivity index (χ0n) is 13.2. The van der Waals surface area contributed by atoms with Crippen molar-refractivity contribution >= 4 is 12.3 Å². The summed E-state index contributed by atoms with van der Waals surface area (Å²) in [5.74, 6) is 0.238. The molecule has 0 aliphatic heterocycles. The highest BCUT2D eigenvalue weighted by atomic mass is 16.5. The maximum absolute atomic E-state index is 11.0. The van der Waals surface area contributed by atoms with Crippen molar-refractivity contribution in [2.24, 2.45) is 0 Å². The third kappa shape index (κ3) is 17.1. The van der Waals surface area contributed by atoms with Crippen LogP contribution in [0, 0.1) is 0 Å². The molecule has 1 unspecified atom stereocenters. The molecule has 0 saturated carbocycles. The van der Waals surface area contributed by atoms with Gasteiger partial charge in [-0.3, -0.25) is 9.59 Å². The van der Waals surface area contributed by atoms with Crippen LogP contribution in [0.1, 0.15) is 47.0 Å². The minimum absolute atomic E-state index is 0.0573. The second-order valence-corrected chi connectivity index (χ2v) is 5.38. The second-order valence-electron chi connectivity index (χ2n) is 5.38. The summed E-state index contributed by atoms with van der Waals surface area (Å²) in [6.07, 6.45) is 3.20. The Labute approximate surface area is 117 Å². The minimum Gasteiger partial charge on any atom is -0.462 e. The van der Waals surface area contributed by atoms with Crippen LogP contribution < -0.4 is 10.6 Å². The fraction of sp³-hybridized carbons (Fsp3) is 0.857. The Kier molecular flexibility index (Phi) is 13.0. The van der Waals surface area contributed by atoms with Crippen molar-refractivity contribution in [2.45, 2.75) is 58.6 Å². The van der Waals surface area contributed by atoms with Crippen molar-refractivity contribution in [3.05, 3.63) is 0 Å². The molecule has 0 saturated heterocycles. The molecule has 2 N–H and O–H groups in total. The Bertz CT molecular complexity index is 237. The standard InChI is InChI=1S/C9H20N2O.C5H10O2/c1-8(12)9(11-3)6-4-5-7-10-2;1-5(2,3)7-4-6/h9-11H,4-7H2,1-3H3;4H,1-3H3. The first-order valence-electron chi connectivity index (χ1n) is 6.72. The van der Waals surface area contributed by atoms with E-state index in [2.05, 4.69) is 15.4 Å². The van der Waals surface area contributed by atoms with Crippen molar-refractivity contribution in [1.82, 2.24) is 10.6 Å². The number of ketones is 1. The molecule has 1 atom stereocenters. The molecule has 0 radical (unpaired) electrons. The Morgan fingerprint density at radius 3 is 2.11 bits per heavy atom. The largest absolute Gasteiger partial charge is 0.462 e. The van der Waals surface area contributed by atoms with Crippen LogP contribution in [0.15, 0.2) is 0 Å². The first-order valence-corrected chi connectivity index (χ1v) is 6.72. The number of unbranched alkanes of at least 4 members (excludes halogenated alkanes) is 1. The molecule has 5 heteroatoms. The number of likely N-dealkylation sites (N-methyl/N-ethyl adjacent to an activating group) is 1. The van der Waals surface area contributed by atoms with Crippen LogP contribution in [0.3, 0.4) is 0 Å². The van der Waals surface area contributed by atoms with Gasteiger partial charge in [-0.1, -0.05) is 6.42 Å². The van der Waals surface area contributed by atoms with Gasteiger partial charge in [0.2, 0.25) is 0 Å². The Morgan fingerprint density at radius 2 is 1.84 bits per heavy atom. The van der Waals surface area contributed by atoms with Gasteiger partial charge >= 0.3 is 0 Å². The summed E-state index contributed by atoms with van der Waals surface area (Å²) < 4.78 is 4.55. The minimum atomic E-state index is -0.318. The molecular formula is C14H30N2O3. The van der Waals surface area contributed by atoms with Crippen molar-refractivity contribution < 1.29 is 14.3 Å². The van der Waals surface area contributed by atoms with E-state index in [1.54, 1.807) is 6.92 Å². The van der Waals surface area contributed by atoms with E-state index < -0.39 is 0 Å². The lowest BCUT2D eigenvalue weighted by Gasteiger charge is -2.14. The van der Waals surface area contributed by atoms with Crippen LogP contribution in [-0.4, -0.2) is 44.5 Å². The Balaban J connectivity index is 0. The van der Waals surface area contributed by atoms with E-state index in [-0.39, 0.29) is 17.4 Å². The van der Waals surface area contributed by atoms with Gasteiger partial charge in [0, 0.05) is 0 Å². The number of carbonyl (C=O) groups excluding carboxylic acids is 2. The average Bonchev–Trinajstić information content (AvgIpc) is 2.28. The molecular weight excluding hydrogens is 244 g/mol. The lowest BCUT2D eigenvalue weighted by molar-refractivity contribution is -0.138. The van der Waals surface area contributed by atoms with Gasteiger partial charge in [-0.2, -0.15) is 0 Å². The van der Waals surface area contributed by atoms with E-state index in [9.17, 15) is 9.59 Å². The highest BCUT2D eigenvalue weighted by Gasteiger charge is 2.09. The van der Waals surface area contributed by atoms with Crippen LogP contribution in [-0.2, 0) is 14.3 Å². The second kappa shape index (κ2) is 12.1. The number of Topliss-reactive ketones (excluding diaryl/α,β-unsaturated/α-hetero) is 1. The van der Waals surface area contributed by atoms with E-state index in [4.69, 9.17) is 0 Å². The lowest BCUT2D eigenvalue weighted by atomic mass is 10.1. The van der Waals surface area contributed by atoms with Crippen LogP contribution in [0.5, 0.6) is 0 Å². The van der Waals surface area contributed by atoms with Crippen LogP contribution in [0.4, 0.5) is 0 Å². The molecule has 19 heavy (non-hydrogen) atoms. The number of rotatable bonds is 8. The lowest BCUT2D eigenvalue weighted by Crippen LogP contribution is -2.32. The van der Waals surface area contributed by atoms with Gasteiger partial charge in [0.25, 0.3) is 6.47 Å². The summed E-state index contributed by atoms with van der Waals surface area (Å²) >= 11 is 0. The number of carbonyl (C=O) groups is 2. The summed E-state index contributed by atoms with van der Waals surface area (Å²) in [6.45, 7) is 8.60. The molecule has 0 heterocycles. The van der Waals surface area contributed by atoms with Gasteiger partial charge in [0.1, 0.15) is 11.4 Å². The first kappa shape index (κ1) is 20.4. The summed E-state index contributed by atoms with van der Waals surface area (Å²) in [4.78, 5) is 20.6. The molecule has 0 aromatic heterocycles. The zero-order valence-corrected chi connectivity index (χ0v) is 13.2. The number of hydrogen-bond acceptors (Lipinski definition) is 5. The van der Waals surface area contributed by atoms with Crippen LogP contribution in [0.2, 0.25) is 0 Å². The fourth-order valence-corrected chi connectivity index (χ4v) is 1.35. The van der Waals surface area contributed by atoms with Crippen LogP contribution in [0.25, 0.3) is 0 Å². The summed E-state index contributed by atoms with van der Waals surface area (Å²) in [5.41, 5.74) is -0.318. The molecule has 0 bridgehead atoms. The number of nitrogens with one attached hydrogen (secondary N) is 2. The predicted octanol–water partition coefficient (Wildman–Crippen LogP) is 1.51. The quantitative estimate of drug-likeness (QED) is 0.519. The van der Waals surface area contributed by atoms with Crippen molar-refractivity contribution in [3.8, 4) is 0 Å². The molecule has 0 fully saturated rings. The van der Waals surface area contributed by atoms with Gasteiger partial charge in [-0.25, -0.2) is 0 Å². The first-order chi connectivity index (χ1) is 8.78. The maximum Gasteiger partial charge on any atom is 0.293 e. The molecule has 5 nitrogen and oxygen atoms in total. The third-order valence-corrected chi connectivity index (χ3v) is 2.41. The van der Waals surface area contributed by atoms with E-state index in [1.807, 2.05) is 34.9 Å². The van der Waals surface area contributed by atoms with Gasteiger partial charge in [-0.15, -0.1) is 0 Å². The molecule has 0 spiro atoms. The van der Waals surface area contributed by atoms with Gasteiger partial charge in [-0.05, 0) is 61.2 Å². The maximum atomic E-state index is 11.0. The summed E-state index contributed by atoms with van der Waals surface area (Å²) in [6, 6.07) is 0.0573. The smallest absolute Gasteiger partial charge is 0.293 e. The summed E-state index contributed by atoms with van der Waals surface area (Å²) in [5, 5.41) is 6.09. The van der Waals surface area contributed by atoms with Crippen LogP contribution >= 0.6 is 0 Å². The fourth-order valence-electron chi connectivity index (χ4n) is 1.35. The van der Waals surface area contributed by atoms with E-state index in [0.717, 1.165) is 25.8 Å².